The molecule has 1 atom stereocenters. The van der Waals surface area contributed by atoms with Gasteiger partial charge in [-0.05, 0) is 37.0 Å². The van der Waals surface area contributed by atoms with Crippen molar-refractivity contribution in [2.24, 2.45) is 0 Å². The fourth-order valence-corrected chi connectivity index (χ4v) is 2.77. The molecule has 4 nitrogen and oxygen atoms in total. The van der Waals surface area contributed by atoms with Crippen molar-refractivity contribution < 1.29 is 14.7 Å². The monoisotopic (exact) mass is 325 g/mol. The van der Waals surface area contributed by atoms with Gasteiger partial charge in [0, 0.05) is 11.0 Å². The van der Waals surface area contributed by atoms with Gasteiger partial charge in [-0.25, -0.2) is 4.79 Å². The SMILES string of the molecule is Cc1ccc(CC(=O)N2CCC[C@@H]2C(=O)O)cc1Br. The molecule has 1 N–H and O–H groups in total. The Bertz CT molecular complexity index is 515. The quantitative estimate of drug-likeness (QED) is 0.928. The van der Waals surface area contributed by atoms with Gasteiger partial charge in [0.15, 0.2) is 0 Å². The number of carboxylic acids is 1. The Hall–Kier alpha value is -1.36. The molecule has 0 unspecified atom stereocenters. The summed E-state index contributed by atoms with van der Waals surface area (Å²) in [6.45, 7) is 2.53. The van der Waals surface area contributed by atoms with E-state index in [1.165, 1.54) is 4.90 Å². The predicted octanol–water partition coefficient (Wildman–Crippen LogP) is 2.38. The Kier molecular flexibility index (Phi) is 4.24. The van der Waals surface area contributed by atoms with Crippen LogP contribution in [0.15, 0.2) is 22.7 Å². The molecule has 5 heteroatoms. The third kappa shape index (κ3) is 3.15. The number of hydrogen-bond acceptors (Lipinski definition) is 2. The number of rotatable bonds is 3. The zero-order valence-corrected chi connectivity index (χ0v) is 12.3. The third-order valence-electron chi connectivity index (χ3n) is 3.45. The topological polar surface area (TPSA) is 57.6 Å². The normalized spacial score (nSPS) is 18.6. The predicted molar refractivity (Wildman–Crippen MR) is 75.0 cm³/mol. The highest BCUT2D eigenvalue weighted by Crippen LogP contribution is 2.21. The maximum atomic E-state index is 12.2. The molecule has 102 valence electrons. The summed E-state index contributed by atoms with van der Waals surface area (Å²) in [6.07, 6.45) is 1.57. The molecule has 1 heterocycles. The fourth-order valence-electron chi connectivity index (χ4n) is 2.34. The van der Waals surface area contributed by atoms with Crippen LogP contribution in [-0.4, -0.2) is 34.5 Å². The second-order valence-corrected chi connectivity index (χ2v) is 5.70. The van der Waals surface area contributed by atoms with Gasteiger partial charge >= 0.3 is 5.97 Å². The highest BCUT2D eigenvalue weighted by molar-refractivity contribution is 9.10. The first-order chi connectivity index (χ1) is 8.99. The summed E-state index contributed by atoms with van der Waals surface area (Å²) in [5.74, 6) is -1.02. The van der Waals surface area contributed by atoms with Crippen molar-refractivity contribution in [3.63, 3.8) is 0 Å². The number of halogens is 1. The second kappa shape index (κ2) is 5.74. The van der Waals surface area contributed by atoms with Crippen LogP contribution in [0.25, 0.3) is 0 Å². The molecular formula is C14H16BrNO3. The molecule has 1 amide bonds. The number of likely N-dealkylation sites (tertiary alicyclic amines) is 1. The van der Waals surface area contributed by atoms with E-state index in [4.69, 9.17) is 5.11 Å². The van der Waals surface area contributed by atoms with Gasteiger partial charge in [0.1, 0.15) is 6.04 Å². The minimum Gasteiger partial charge on any atom is -0.480 e. The van der Waals surface area contributed by atoms with Gasteiger partial charge in [0.05, 0.1) is 6.42 Å². The molecule has 1 aliphatic rings. The van der Waals surface area contributed by atoms with Crippen LogP contribution in [-0.2, 0) is 16.0 Å². The van der Waals surface area contributed by atoms with Crippen molar-refractivity contribution in [1.82, 2.24) is 4.90 Å². The molecule has 0 saturated carbocycles. The van der Waals surface area contributed by atoms with Gasteiger partial charge in [-0.2, -0.15) is 0 Å². The van der Waals surface area contributed by atoms with E-state index in [2.05, 4.69) is 15.9 Å². The summed E-state index contributed by atoms with van der Waals surface area (Å²) >= 11 is 3.44. The van der Waals surface area contributed by atoms with Crippen LogP contribution in [0.2, 0.25) is 0 Å². The van der Waals surface area contributed by atoms with Crippen molar-refractivity contribution in [1.29, 1.82) is 0 Å². The van der Waals surface area contributed by atoms with E-state index in [1.807, 2.05) is 25.1 Å². The van der Waals surface area contributed by atoms with E-state index in [-0.39, 0.29) is 12.3 Å². The number of nitrogens with zero attached hydrogens (tertiary/aromatic N) is 1. The first-order valence-corrected chi connectivity index (χ1v) is 7.05. The number of aryl methyl sites for hydroxylation is 1. The van der Waals surface area contributed by atoms with E-state index >= 15 is 0 Å². The van der Waals surface area contributed by atoms with Crippen molar-refractivity contribution in [2.45, 2.75) is 32.2 Å². The highest BCUT2D eigenvalue weighted by atomic mass is 79.9. The van der Waals surface area contributed by atoms with Gasteiger partial charge < -0.3 is 10.0 Å². The Morgan fingerprint density at radius 3 is 2.84 bits per heavy atom. The van der Waals surface area contributed by atoms with Crippen LogP contribution >= 0.6 is 15.9 Å². The molecular weight excluding hydrogens is 310 g/mol. The lowest BCUT2D eigenvalue weighted by molar-refractivity contribution is -0.148. The maximum Gasteiger partial charge on any atom is 0.326 e. The maximum absolute atomic E-state index is 12.2. The van der Waals surface area contributed by atoms with Gasteiger partial charge in [-0.1, -0.05) is 28.1 Å². The largest absolute Gasteiger partial charge is 0.480 e. The number of benzene rings is 1. The Balaban J connectivity index is 2.08. The summed E-state index contributed by atoms with van der Waals surface area (Å²) in [4.78, 5) is 24.7. The molecule has 1 aliphatic heterocycles. The molecule has 1 saturated heterocycles. The van der Waals surface area contributed by atoms with E-state index in [9.17, 15) is 9.59 Å². The van der Waals surface area contributed by atoms with Crippen LogP contribution in [0.1, 0.15) is 24.0 Å². The van der Waals surface area contributed by atoms with Gasteiger partial charge in [-0.15, -0.1) is 0 Å². The van der Waals surface area contributed by atoms with Crippen LogP contribution in [0.3, 0.4) is 0 Å². The van der Waals surface area contributed by atoms with Gasteiger partial charge in [-0.3, -0.25) is 4.79 Å². The average molecular weight is 326 g/mol. The van der Waals surface area contributed by atoms with E-state index in [0.29, 0.717) is 13.0 Å². The van der Waals surface area contributed by atoms with E-state index in [0.717, 1.165) is 22.0 Å². The first kappa shape index (κ1) is 14.1. The fraction of sp³-hybridized carbons (Fsp3) is 0.429. The molecule has 2 rings (SSSR count). The Morgan fingerprint density at radius 1 is 1.47 bits per heavy atom. The summed E-state index contributed by atoms with van der Waals surface area (Å²) in [6, 6.07) is 5.12. The second-order valence-electron chi connectivity index (χ2n) is 4.84. The molecule has 1 aromatic rings. The number of carbonyl (C=O) groups is 2. The smallest absolute Gasteiger partial charge is 0.326 e. The van der Waals surface area contributed by atoms with Crippen LogP contribution in [0.5, 0.6) is 0 Å². The summed E-state index contributed by atoms with van der Waals surface area (Å²) in [7, 11) is 0. The van der Waals surface area contributed by atoms with Gasteiger partial charge in [0.25, 0.3) is 0 Å². The number of aliphatic carboxylic acids is 1. The first-order valence-electron chi connectivity index (χ1n) is 6.26. The van der Waals surface area contributed by atoms with Crippen LogP contribution < -0.4 is 0 Å². The average Bonchev–Trinajstić information content (AvgIpc) is 2.83. The molecule has 19 heavy (non-hydrogen) atoms. The lowest BCUT2D eigenvalue weighted by atomic mass is 10.1. The molecule has 0 aromatic heterocycles. The van der Waals surface area contributed by atoms with E-state index in [1.54, 1.807) is 0 Å². The minimum absolute atomic E-state index is 0.111. The summed E-state index contributed by atoms with van der Waals surface area (Å²) < 4.78 is 0.967. The van der Waals surface area contributed by atoms with Crippen LogP contribution in [0.4, 0.5) is 0 Å². The molecule has 0 bridgehead atoms. The third-order valence-corrected chi connectivity index (χ3v) is 4.30. The van der Waals surface area contributed by atoms with Crippen molar-refractivity contribution >= 4 is 27.8 Å². The molecule has 1 aromatic carbocycles. The molecule has 0 spiro atoms. The molecule has 0 aliphatic carbocycles. The zero-order valence-electron chi connectivity index (χ0n) is 10.7. The zero-order chi connectivity index (χ0) is 14.0. The minimum atomic E-state index is -0.907. The van der Waals surface area contributed by atoms with Crippen molar-refractivity contribution in [3.8, 4) is 0 Å². The lowest BCUT2D eigenvalue weighted by Crippen LogP contribution is -2.41. The van der Waals surface area contributed by atoms with E-state index < -0.39 is 12.0 Å². The number of amides is 1. The number of carboxylic acid groups (broad SMARTS) is 1. The lowest BCUT2D eigenvalue weighted by Gasteiger charge is -2.21. The van der Waals surface area contributed by atoms with Crippen LogP contribution in [0, 0.1) is 6.92 Å². The molecule has 0 radical (unpaired) electrons. The Labute approximate surface area is 120 Å². The molecule has 1 fully saturated rings. The Morgan fingerprint density at radius 2 is 2.21 bits per heavy atom. The number of carbonyl (C=O) groups excluding carboxylic acids is 1. The summed E-state index contributed by atoms with van der Waals surface area (Å²) in [5.41, 5.74) is 2.01. The van der Waals surface area contributed by atoms with Gasteiger partial charge in [0.2, 0.25) is 5.91 Å². The van der Waals surface area contributed by atoms with Crippen molar-refractivity contribution in [2.75, 3.05) is 6.54 Å². The van der Waals surface area contributed by atoms with Crippen molar-refractivity contribution in [3.05, 3.63) is 33.8 Å². The number of hydrogen-bond donors (Lipinski definition) is 1. The highest BCUT2D eigenvalue weighted by Gasteiger charge is 2.33. The summed E-state index contributed by atoms with van der Waals surface area (Å²) in [5, 5.41) is 9.08. The standard InChI is InChI=1S/C14H16BrNO3/c1-9-4-5-10(7-11(9)15)8-13(17)16-6-2-3-12(16)14(18)19/h4-5,7,12H,2-3,6,8H2,1H3,(H,18,19)/t12-/m1/s1.